The summed E-state index contributed by atoms with van der Waals surface area (Å²) in [6, 6.07) is 13.6. The summed E-state index contributed by atoms with van der Waals surface area (Å²) in [5.74, 6) is 1.44. The van der Waals surface area contributed by atoms with Crippen molar-refractivity contribution in [1.29, 1.82) is 0 Å². The van der Waals surface area contributed by atoms with Gasteiger partial charge in [0.25, 0.3) is 0 Å². The molecule has 0 fully saturated rings. The Bertz CT molecular complexity index is 589. The quantitative estimate of drug-likeness (QED) is 0.818. The maximum Gasteiger partial charge on any atom is 0.131 e. The van der Waals surface area contributed by atoms with Gasteiger partial charge in [-0.3, -0.25) is 0 Å². The molecule has 2 heteroatoms. The van der Waals surface area contributed by atoms with Crippen LogP contribution in [-0.2, 0) is 0 Å². The molecule has 2 nitrogen and oxygen atoms in total. The van der Waals surface area contributed by atoms with E-state index in [1.807, 2.05) is 18.2 Å². The molecule has 0 unspecified atom stereocenters. The van der Waals surface area contributed by atoms with Crippen LogP contribution in [-0.4, -0.2) is 5.11 Å². The lowest BCUT2D eigenvalue weighted by Crippen LogP contribution is -2.08. The first kappa shape index (κ1) is 11.1. The summed E-state index contributed by atoms with van der Waals surface area (Å²) in [6.07, 6.45) is 0.0444. The van der Waals surface area contributed by atoms with Crippen molar-refractivity contribution >= 4 is 0 Å². The van der Waals surface area contributed by atoms with Crippen LogP contribution in [0.2, 0.25) is 0 Å². The van der Waals surface area contributed by atoms with Gasteiger partial charge in [-0.15, -0.1) is 0 Å². The number of benzene rings is 2. The maximum atomic E-state index is 9.57. The van der Waals surface area contributed by atoms with Crippen molar-refractivity contribution < 1.29 is 9.84 Å². The molecular weight excluding hydrogens is 224 g/mol. The minimum Gasteiger partial charge on any atom is -0.508 e. The zero-order valence-electron chi connectivity index (χ0n) is 10.6. The molecule has 0 saturated heterocycles. The fourth-order valence-electron chi connectivity index (χ4n) is 2.64. The average molecular weight is 240 g/mol. The smallest absolute Gasteiger partial charge is 0.131 e. The monoisotopic (exact) mass is 240 g/mol. The van der Waals surface area contributed by atoms with Gasteiger partial charge in [0.2, 0.25) is 0 Å². The van der Waals surface area contributed by atoms with Gasteiger partial charge in [-0.2, -0.15) is 0 Å². The van der Waals surface area contributed by atoms with E-state index in [-0.39, 0.29) is 12.0 Å². The van der Waals surface area contributed by atoms with Crippen LogP contribution in [0, 0.1) is 6.92 Å². The molecule has 0 aromatic heterocycles. The van der Waals surface area contributed by atoms with E-state index in [0.717, 1.165) is 11.3 Å². The Kier molecular flexibility index (Phi) is 2.51. The number of aromatic hydroxyl groups is 1. The number of hydrogen-bond acceptors (Lipinski definition) is 2. The van der Waals surface area contributed by atoms with Crippen LogP contribution in [0.25, 0.3) is 0 Å². The summed E-state index contributed by atoms with van der Waals surface area (Å²) in [6.45, 7) is 4.24. The van der Waals surface area contributed by atoms with Gasteiger partial charge in [0.1, 0.15) is 17.6 Å². The van der Waals surface area contributed by atoms with Gasteiger partial charge < -0.3 is 9.84 Å². The van der Waals surface area contributed by atoms with E-state index in [4.69, 9.17) is 4.74 Å². The predicted molar refractivity (Wildman–Crippen MR) is 71.1 cm³/mol. The lowest BCUT2D eigenvalue weighted by molar-refractivity contribution is 0.215. The first-order valence-electron chi connectivity index (χ1n) is 6.22. The lowest BCUT2D eigenvalue weighted by Gasteiger charge is -2.17. The van der Waals surface area contributed by atoms with Gasteiger partial charge in [-0.1, -0.05) is 31.2 Å². The lowest BCUT2D eigenvalue weighted by atomic mass is 9.91. The van der Waals surface area contributed by atoms with Crippen molar-refractivity contribution in [3.8, 4) is 11.5 Å². The minimum absolute atomic E-state index is 0.0444. The van der Waals surface area contributed by atoms with E-state index < -0.39 is 0 Å². The Hall–Kier alpha value is -1.96. The van der Waals surface area contributed by atoms with Gasteiger partial charge in [-0.25, -0.2) is 0 Å². The first-order valence-corrected chi connectivity index (χ1v) is 6.22. The standard InChI is InChI=1S/C16H16O2/c1-10-5-3-4-6-13(10)16-11(2)14-9-12(17)7-8-15(14)18-16/h3-9,11,16-17H,1-2H3/t11-,16-/m0/s1. The maximum absolute atomic E-state index is 9.57. The molecular formula is C16H16O2. The first-order chi connectivity index (χ1) is 8.66. The number of ether oxygens (including phenoxy) is 1. The number of aryl methyl sites for hydroxylation is 1. The number of phenols is 1. The fourth-order valence-corrected chi connectivity index (χ4v) is 2.64. The molecule has 1 N–H and O–H groups in total. The number of phenolic OH excluding ortho intramolecular Hbond substituents is 1. The molecule has 2 atom stereocenters. The van der Waals surface area contributed by atoms with Crippen molar-refractivity contribution in [3.05, 3.63) is 59.2 Å². The van der Waals surface area contributed by atoms with E-state index in [1.54, 1.807) is 12.1 Å². The Labute approximate surface area is 107 Å². The minimum atomic E-state index is 0.0444. The van der Waals surface area contributed by atoms with Gasteiger partial charge in [0, 0.05) is 11.5 Å². The summed E-state index contributed by atoms with van der Waals surface area (Å²) in [5.41, 5.74) is 3.55. The molecule has 3 rings (SSSR count). The summed E-state index contributed by atoms with van der Waals surface area (Å²) in [4.78, 5) is 0. The van der Waals surface area contributed by atoms with E-state index in [9.17, 15) is 5.11 Å². The molecule has 0 bridgehead atoms. The zero-order chi connectivity index (χ0) is 12.7. The van der Waals surface area contributed by atoms with Crippen LogP contribution in [0.4, 0.5) is 0 Å². The number of fused-ring (bicyclic) bond motifs is 1. The molecule has 0 amide bonds. The molecule has 92 valence electrons. The van der Waals surface area contributed by atoms with Gasteiger partial charge >= 0.3 is 0 Å². The molecule has 1 aliphatic rings. The molecule has 2 aromatic carbocycles. The molecule has 18 heavy (non-hydrogen) atoms. The molecule has 1 aliphatic heterocycles. The third kappa shape index (κ3) is 1.65. The van der Waals surface area contributed by atoms with Crippen LogP contribution in [0.15, 0.2) is 42.5 Å². The second-order valence-electron chi connectivity index (χ2n) is 4.91. The van der Waals surface area contributed by atoms with Crippen molar-refractivity contribution in [1.82, 2.24) is 0 Å². The number of hydrogen-bond donors (Lipinski definition) is 1. The van der Waals surface area contributed by atoms with E-state index in [1.165, 1.54) is 11.1 Å². The Morgan fingerprint density at radius 1 is 1.06 bits per heavy atom. The van der Waals surface area contributed by atoms with Crippen LogP contribution in [0.1, 0.15) is 35.6 Å². The summed E-state index contributed by atoms with van der Waals surface area (Å²) < 4.78 is 6.03. The molecule has 0 radical (unpaired) electrons. The third-order valence-corrected chi connectivity index (χ3v) is 3.69. The largest absolute Gasteiger partial charge is 0.508 e. The van der Waals surface area contributed by atoms with Crippen LogP contribution >= 0.6 is 0 Å². The van der Waals surface area contributed by atoms with E-state index >= 15 is 0 Å². The van der Waals surface area contributed by atoms with Gasteiger partial charge in [0.05, 0.1) is 0 Å². The highest BCUT2D eigenvalue weighted by Gasteiger charge is 2.33. The second kappa shape index (κ2) is 4.05. The average Bonchev–Trinajstić information content (AvgIpc) is 2.68. The highest BCUT2D eigenvalue weighted by Crippen LogP contribution is 2.47. The molecule has 1 heterocycles. The Morgan fingerprint density at radius 3 is 2.61 bits per heavy atom. The topological polar surface area (TPSA) is 29.5 Å². The fraction of sp³-hybridized carbons (Fsp3) is 0.250. The Morgan fingerprint density at radius 2 is 1.83 bits per heavy atom. The normalized spacial score (nSPS) is 21.4. The van der Waals surface area contributed by atoms with Gasteiger partial charge in [0.15, 0.2) is 0 Å². The van der Waals surface area contributed by atoms with Crippen molar-refractivity contribution in [2.75, 3.05) is 0 Å². The van der Waals surface area contributed by atoms with Crippen LogP contribution in [0.3, 0.4) is 0 Å². The van der Waals surface area contributed by atoms with Crippen molar-refractivity contribution in [3.63, 3.8) is 0 Å². The summed E-state index contributed by atoms with van der Waals surface area (Å²) >= 11 is 0. The Balaban J connectivity index is 2.02. The summed E-state index contributed by atoms with van der Waals surface area (Å²) in [5, 5.41) is 9.57. The van der Waals surface area contributed by atoms with E-state index in [2.05, 4.69) is 26.0 Å². The highest BCUT2D eigenvalue weighted by molar-refractivity contribution is 5.47. The third-order valence-electron chi connectivity index (χ3n) is 3.69. The summed E-state index contributed by atoms with van der Waals surface area (Å²) in [7, 11) is 0. The van der Waals surface area contributed by atoms with Crippen molar-refractivity contribution in [2.45, 2.75) is 25.9 Å². The second-order valence-corrected chi connectivity index (χ2v) is 4.91. The number of rotatable bonds is 1. The predicted octanol–water partition coefficient (Wildman–Crippen LogP) is 3.94. The zero-order valence-corrected chi connectivity index (χ0v) is 10.6. The van der Waals surface area contributed by atoms with Gasteiger partial charge in [-0.05, 0) is 36.2 Å². The molecule has 0 spiro atoms. The van der Waals surface area contributed by atoms with Crippen LogP contribution < -0.4 is 4.74 Å². The molecule has 0 aliphatic carbocycles. The van der Waals surface area contributed by atoms with E-state index in [0.29, 0.717) is 5.75 Å². The molecule has 0 saturated carbocycles. The SMILES string of the molecule is Cc1ccccc1[C@H]1Oc2ccc(O)cc2[C@@H]1C. The van der Waals surface area contributed by atoms with Crippen molar-refractivity contribution in [2.24, 2.45) is 0 Å². The molecule has 2 aromatic rings. The van der Waals surface area contributed by atoms with Crippen LogP contribution in [0.5, 0.6) is 11.5 Å². The highest BCUT2D eigenvalue weighted by atomic mass is 16.5.